The summed E-state index contributed by atoms with van der Waals surface area (Å²) in [6, 6.07) is 33.8. The van der Waals surface area contributed by atoms with Crippen LogP contribution in [0.1, 0.15) is 55.7 Å². The van der Waals surface area contributed by atoms with Crippen LogP contribution < -0.4 is 9.62 Å². The van der Waals surface area contributed by atoms with Gasteiger partial charge in [-0.15, -0.1) is 0 Å². The SMILES string of the molecule is CCc1ccc(N(CC(=O)N(Cc2ccccc2)[C@H](Cc2ccccc2)C(=O)NC2CCCCC2)S(=O)(=O)c2ccccc2)cc1. The van der Waals surface area contributed by atoms with E-state index < -0.39 is 28.5 Å². The molecule has 1 N–H and O–H groups in total. The molecular weight excluding hydrogens is 595 g/mol. The van der Waals surface area contributed by atoms with Crippen LogP contribution in [0.3, 0.4) is 0 Å². The van der Waals surface area contributed by atoms with E-state index in [0.29, 0.717) is 12.1 Å². The van der Waals surface area contributed by atoms with E-state index in [1.54, 1.807) is 35.2 Å². The van der Waals surface area contributed by atoms with E-state index in [-0.39, 0.29) is 23.4 Å². The molecule has 4 aromatic rings. The summed E-state index contributed by atoms with van der Waals surface area (Å²) in [5, 5.41) is 3.25. The first-order valence-electron chi connectivity index (χ1n) is 16.2. The minimum Gasteiger partial charge on any atom is -0.352 e. The summed E-state index contributed by atoms with van der Waals surface area (Å²) >= 11 is 0. The van der Waals surface area contributed by atoms with Crippen LogP contribution in [-0.4, -0.2) is 43.8 Å². The van der Waals surface area contributed by atoms with Gasteiger partial charge in [0.1, 0.15) is 12.6 Å². The van der Waals surface area contributed by atoms with Crippen LogP contribution in [0, 0.1) is 0 Å². The van der Waals surface area contributed by atoms with E-state index in [9.17, 15) is 18.0 Å². The van der Waals surface area contributed by atoms with E-state index in [1.165, 1.54) is 16.4 Å². The van der Waals surface area contributed by atoms with Crippen molar-refractivity contribution in [3.63, 3.8) is 0 Å². The molecule has 7 nitrogen and oxygen atoms in total. The molecule has 0 unspecified atom stereocenters. The van der Waals surface area contributed by atoms with Crippen molar-refractivity contribution >= 4 is 27.5 Å². The average Bonchev–Trinajstić information content (AvgIpc) is 3.10. The van der Waals surface area contributed by atoms with Gasteiger partial charge in [0.2, 0.25) is 11.8 Å². The molecule has 1 aliphatic carbocycles. The molecule has 2 amide bonds. The molecule has 0 bridgehead atoms. The second-order valence-corrected chi connectivity index (χ2v) is 13.8. The van der Waals surface area contributed by atoms with Gasteiger partial charge in [0.25, 0.3) is 10.0 Å². The number of benzene rings is 4. The van der Waals surface area contributed by atoms with Crippen LogP contribution in [0.2, 0.25) is 0 Å². The number of anilines is 1. The van der Waals surface area contributed by atoms with Crippen molar-refractivity contribution in [2.75, 3.05) is 10.8 Å². The molecule has 0 aliphatic heterocycles. The first-order chi connectivity index (χ1) is 22.3. The fraction of sp³-hybridized carbons (Fsp3) is 0.316. The third-order valence-electron chi connectivity index (χ3n) is 8.66. The van der Waals surface area contributed by atoms with E-state index in [1.807, 2.05) is 79.7 Å². The summed E-state index contributed by atoms with van der Waals surface area (Å²) < 4.78 is 29.4. The van der Waals surface area contributed by atoms with Crippen molar-refractivity contribution in [1.82, 2.24) is 10.2 Å². The van der Waals surface area contributed by atoms with Gasteiger partial charge in [0, 0.05) is 19.0 Å². The highest BCUT2D eigenvalue weighted by Gasteiger charge is 2.35. The normalized spacial score (nSPS) is 14.3. The third-order valence-corrected chi connectivity index (χ3v) is 10.4. The smallest absolute Gasteiger partial charge is 0.264 e. The van der Waals surface area contributed by atoms with Crippen molar-refractivity contribution in [3.8, 4) is 0 Å². The lowest BCUT2D eigenvalue weighted by atomic mass is 9.94. The molecule has 0 heterocycles. The number of nitrogens with one attached hydrogen (secondary N) is 1. The molecule has 0 saturated heterocycles. The summed E-state index contributed by atoms with van der Waals surface area (Å²) in [6.45, 7) is 1.73. The Morgan fingerprint density at radius 1 is 0.739 bits per heavy atom. The first-order valence-corrected chi connectivity index (χ1v) is 17.6. The highest BCUT2D eigenvalue weighted by atomic mass is 32.2. The van der Waals surface area contributed by atoms with Crippen molar-refractivity contribution in [3.05, 3.63) is 132 Å². The zero-order valence-electron chi connectivity index (χ0n) is 26.4. The quantitative estimate of drug-likeness (QED) is 0.181. The molecule has 1 saturated carbocycles. The zero-order valence-corrected chi connectivity index (χ0v) is 27.2. The third kappa shape index (κ3) is 8.43. The standard InChI is InChI=1S/C38H43N3O4S/c1-2-30-23-25-34(26-24-30)41(46(44,45)35-21-13-6-14-22-35)29-37(42)40(28-32-17-9-4-10-18-32)36(27-31-15-7-3-8-16-31)38(43)39-33-19-11-5-12-20-33/h3-4,6-10,13-18,21-26,33,36H,2,5,11-12,19-20,27-29H2,1H3,(H,39,43)/t36-/m1/s1. The van der Waals surface area contributed by atoms with Crippen LogP contribution in [-0.2, 0) is 39.0 Å². The Labute approximate surface area is 273 Å². The molecule has 240 valence electrons. The van der Waals surface area contributed by atoms with Gasteiger partial charge in [0.15, 0.2) is 0 Å². The van der Waals surface area contributed by atoms with E-state index in [4.69, 9.17) is 0 Å². The Bertz CT molecular complexity index is 1660. The largest absolute Gasteiger partial charge is 0.352 e. The summed E-state index contributed by atoms with van der Waals surface area (Å²) in [7, 11) is -4.12. The van der Waals surface area contributed by atoms with Crippen LogP contribution in [0.5, 0.6) is 0 Å². The second kappa shape index (κ2) is 15.7. The molecular formula is C38H43N3O4S. The van der Waals surface area contributed by atoms with Crippen LogP contribution in [0.25, 0.3) is 0 Å². The number of amides is 2. The predicted octanol–water partition coefficient (Wildman–Crippen LogP) is 6.53. The number of aryl methyl sites for hydroxylation is 1. The lowest BCUT2D eigenvalue weighted by Crippen LogP contribution is -2.55. The molecule has 0 spiro atoms. The predicted molar refractivity (Wildman–Crippen MR) is 183 cm³/mol. The maximum Gasteiger partial charge on any atom is 0.264 e. The molecule has 4 aromatic carbocycles. The van der Waals surface area contributed by atoms with Crippen LogP contribution >= 0.6 is 0 Å². The Morgan fingerprint density at radius 2 is 1.30 bits per heavy atom. The molecule has 5 rings (SSSR count). The lowest BCUT2D eigenvalue weighted by Gasteiger charge is -2.35. The fourth-order valence-electron chi connectivity index (χ4n) is 6.02. The van der Waals surface area contributed by atoms with Gasteiger partial charge in [0.05, 0.1) is 10.6 Å². The topological polar surface area (TPSA) is 86.8 Å². The highest BCUT2D eigenvalue weighted by molar-refractivity contribution is 7.92. The maximum absolute atomic E-state index is 14.6. The second-order valence-electron chi connectivity index (χ2n) is 11.9. The van der Waals surface area contributed by atoms with Crippen molar-refractivity contribution in [2.45, 2.75) is 75.4 Å². The molecule has 1 fully saturated rings. The van der Waals surface area contributed by atoms with E-state index in [0.717, 1.165) is 55.2 Å². The molecule has 0 aromatic heterocycles. The summed E-state index contributed by atoms with van der Waals surface area (Å²) in [6.07, 6.45) is 6.19. The number of sulfonamides is 1. The first kappa shape index (κ1) is 32.9. The highest BCUT2D eigenvalue weighted by Crippen LogP contribution is 2.26. The Kier molecular flexibility index (Phi) is 11.3. The molecule has 8 heteroatoms. The molecule has 1 aliphatic rings. The Hall–Kier alpha value is -4.43. The summed E-state index contributed by atoms with van der Waals surface area (Å²) in [4.78, 5) is 30.4. The summed E-state index contributed by atoms with van der Waals surface area (Å²) in [5.41, 5.74) is 3.21. The van der Waals surface area contributed by atoms with Gasteiger partial charge >= 0.3 is 0 Å². The number of hydrogen-bond acceptors (Lipinski definition) is 4. The maximum atomic E-state index is 14.6. The minimum atomic E-state index is -4.12. The van der Waals surface area contributed by atoms with Crippen molar-refractivity contribution in [1.29, 1.82) is 0 Å². The monoisotopic (exact) mass is 637 g/mol. The number of hydrogen-bond donors (Lipinski definition) is 1. The fourth-order valence-corrected chi connectivity index (χ4v) is 7.46. The zero-order chi connectivity index (χ0) is 32.4. The number of carbonyl (C=O) groups excluding carboxylic acids is 2. The Morgan fingerprint density at radius 3 is 1.89 bits per heavy atom. The van der Waals surface area contributed by atoms with Gasteiger partial charge in [-0.05, 0) is 60.2 Å². The van der Waals surface area contributed by atoms with E-state index >= 15 is 0 Å². The molecule has 1 atom stereocenters. The van der Waals surface area contributed by atoms with E-state index in [2.05, 4.69) is 5.32 Å². The lowest BCUT2D eigenvalue weighted by molar-refractivity contribution is -0.140. The number of rotatable bonds is 13. The van der Waals surface area contributed by atoms with Crippen molar-refractivity contribution < 1.29 is 18.0 Å². The van der Waals surface area contributed by atoms with Gasteiger partial charge in [-0.3, -0.25) is 13.9 Å². The number of carbonyl (C=O) groups is 2. The van der Waals surface area contributed by atoms with Crippen LogP contribution in [0.15, 0.2) is 120 Å². The van der Waals surface area contributed by atoms with Crippen LogP contribution in [0.4, 0.5) is 5.69 Å². The minimum absolute atomic E-state index is 0.0558. The summed E-state index contributed by atoms with van der Waals surface area (Å²) in [5.74, 6) is -0.674. The Balaban J connectivity index is 1.54. The molecule has 46 heavy (non-hydrogen) atoms. The van der Waals surface area contributed by atoms with Gasteiger partial charge < -0.3 is 10.2 Å². The van der Waals surface area contributed by atoms with Gasteiger partial charge in [-0.25, -0.2) is 8.42 Å². The molecule has 0 radical (unpaired) electrons. The average molecular weight is 638 g/mol. The van der Waals surface area contributed by atoms with Gasteiger partial charge in [-0.2, -0.15) is 0 Å². The van der Waals surface area contributed by atoms with Crippen molar-refractivity contribution in [2.24, 2.45) is 0 Å². The van der Waals surface area contributed by atoms with Gasteiger partial charge in [-0.1, -0.05) is 117 Å². The number of nitrogens with zero attached hydrogens (tertiary/aromatic N) is 2.